The summed E-state index contributed by atoms with van der Waals surface area (Å²) in [6, 6.07) is 5.98. The molecule has 0 spiro atoms. The molecule has 2 heterocycles. The van der Waals surface area contributed by atoms with E-state index in [9.17, 15) is 18.3 Å². The monoisotopic (exact) mass is 420 g/mol. The van der Waals surface area contributed by atoms with E-state index in [4.69, 9.17) is 0 Å². The number of anilines is 1. The van der Waals surface area contributed by atoms with Crippen molar-refractivity contribution in [2.75, 3.05) is 18.4 Å². The van der Waals surface area contributed by atoms with E-state index in [-0.39, 0.29) is 22.2 Å². The molecular formula is C20H24N2O4S2. The van der Waals surface area contributed by atoms with Crippen LogP contribution in [-0.2, 0) is 22.9 Å². The third-order valence-corrected chi connectivity index (χ3v) is 8.52. The second-order valence-corrected chi connectivity index (χ2v) is 10.4. The number of hydrogen-bond acceptors (Lipinski definition) is 5. The maximum atomic E-state index is 12.8. The Balaban J connectivity index is 1.57. The quantitative estimate of drug-likeness (QED) is 0.582. The van der Waals surface area contributed by atoms with Crippen LogP contribution in [-0.4, -0.2) is 36.8 Å². The number of nitrogens with one attached hydrogen (secondary N) is 1. The van der Waals surface area contributed by atoms with E-state index in [1.165, 1.54) is 50.7 Å². The van der Waals surface area contributed by atoms with E-state index >= 15 is 0 Å². The normalized spacial score (nSPS) is 17.9. The number of aryl methyl sites for hydroxylation is 2. The zero-order valence-electron chi connectivity index (χ0n) is 15.6. The number of amides is 1. The maximum absolute atomic E-state index is 12.8. The molecule has 0 unspecified atom stereocenters. The first-order valence-corrected chi connectivity index (χ1v) is 12.0. The number of benzene rings is 1. The molecule has 0 atom stereocenters. The van der Waals surface area contributed by atoms with Gasteiger partial charge in [-0.25, -0.2) is 8.42 Å². The van der Waals surface area contributed by atoms with Crippen molar-refractivity contribution in [3.8, 4) is 5.75 Å². The van der Waals surface area contributed by atoms with Crippen LogP contribution in [0.25, 0.3) is 0 Å². The van der Waals surface area contributed by atoms with Gasteiger partial charge in [0.05, 0.1) is 15.5 Å². The Morgan fingerprint density at radius 1 is 1.04 bits per heavy atom. The highest BCUT2D eigenvalue weighted by Gasteiger charge is 2.28. The molecule has 2 aromatic rings. The van der Waals surface area contributed by atoms with Gasteiger partial charge >= 0.3 is 0 Å². The largest absolute Gasteiger partial charge is 0.506 e. The molecule has 6 nitrogen and oxygen atoms in total. The highest BCUT2D eigenvalue weighted by atomic mass is 32.2. The van der Waals surface area contributed by atoms with Gasteiger partial charge in [0.25, 0.3) is 5.91 Å². The molecule has 1 amide bonds. The number of carbonyl (C=O) groups is 1. The van der Waals surface area contributed by atoms with Crippen molar-refractivity contribution in [1.29, 1.82) is 0 Å². The first-order chi connectivity index (χ1) is 13.4. The highest BCUT2D eigenvalue weighted by Crippen LogP contribution is 2.32. The van der Waals surface area contributed by atoms with Gasteiger partial charge in [0.15, 0.2) is 0 Å². The zero-order chi connectivity index (χ0) is 19.7. The van der Waals surface area contributed by atoms with Gasteiger partial charge in [0, 0.05) is 18.0 Å². The first-order valence-electron chi connectivity index (χ1n) is 9.71. The summed E-state index contributed by atoms with van der Waals surface area (Å²) < 4.78 is 27.0. The number of phenolic OH excluding ortho intramolecular Hbond substituents is 1. The minimum absolute atomic E-state index is 0.0875. The third-order valence-electron chi connectivity index (χ3n) is 5.39. The third kappa shape index (κ3) is 3.81. The summed E-state index contributed by atoms with van der Waals surface area (Å²) in [6.07, 6.45) is 7.20. The van der Waals surface area contributed by atoms with E-state index in [1.807, 2.05) is 6.07 Å². The number of aromatic hydroxyl groups is 1. The molecule has 1 saturated heterocycles. The number of thiophene rings is 1. The molecular weight excluding hydrogens is 396 g/mol. The van der Waals surface area contributed by atoms with Crippen molar-refractivity contribution in [3.05, 3.63) is 39.6 Å². The summed E-state index contributed by atoms with van der Waals surface area (Å²) in [5.74, 6) is -0.462. The van der Waals surface area contributed by atoms with Crippen molar-refractivity contribution in [2.45, 2.75) is 49.8 Å². The predicted octanol–water partition coefficient (Wildman–Crippen LogP) is 3.76. The topological polar surface area (TPSA) is 86.7 Å². The van der Waals surface area contributed by atoms with Crippen LogP contribution in [0.15, 0.2) is 29.2 Å². The Morgan fingerprint density at radius 2 is 1.79 bits per heavy atom. The lowest BCUT2D eigenvalue weighted by atomic mass is 10.1. The van der Waals surface area contributed by atoms with Crippen molar-refractivity contribution in [3.63, 3.8) is 0 Å². The number of hydrogen-bond donors (Lipinski definition) is 2. The van der Waals surface area contributed by atoms with E-state index in [1.54, 1.807) is 0 Å². The van der Waals surface area contributed by atoms with Gasteiger partial charge in [-0.1, -0.05) is 6.42 Å². The minimum Gasteiger partial charge on any atom is -0.506 e. The highest BCUT2D eigenvalue weighted by molar-refractivity contribution is 7.89. The minimum atomic E-state index is -3.61. The molecule has 1 aromatic carbocycles. The lowest BCUT2D eigenvalue weighted by Crippen LogP contribution is -2.27. The van der Waals surface area contributed by atoms with Crippen LogP contribution >= 0.6 is 11.3 Å². The van der Waals surface area contributed by atoms with Crippen molar-refractivity contribution in [1.82, 2.24) is 4.31 Å². The molecule has 1 aliphatic heterocycles. The van der Waals surface area contributed by atoms with Crippen LogP contribution in [0.4, 0.5) is 5.69 Å². The summed E-state index contributed by atoms with van der Waals surface area (Å²) in [6.45, 7) is 1.01. The molecule has 0 bridgehead atoms. The van der Waals surface area contributed by atoms with Gasteiger partial charge in [0.1, 0.15) is 5.75 Å². The van der Waals surface area contributed by atoms with Gasteiger partial charge in [-0.15, -0.1) is 11.3 Å². The Hall–Kier alpha value is -1.90. The molecule has 1 fully saturated rings. The fraction of sp³-hybridized carbons (Fsp3) is 0.450. The number of nitrogens with zero attached hydrogens (tertiary/aromatic N) is 1. The standard InChI is InChI=1S/C20H24N2O4S2/c23-17-9-8-15(28(25,26)22-10-4-5-11-22)13-16(17)21-20(24)19-12-14-6-2-1-3-7-18(14)27-19/h8-9,12-13,23H,1-7,10-11H2,(H,21,24). The van der Waals surface area contributed by atoms with Crippen LogP contribution in [0.5, 0.6) is 5.75 Å². The van der Waals surface area contributed by atoms with Crippen molar-refractivity contribution < 1.29 is 18.3 Å². The number of phenols is 1. The lowest BCUT2D eigenvalue weighted by molar-refractivity contribution is 0.103. The van der Waals surface area contributed by atoms with Crippen molar-refractivity contribution in [2.24, 2.45) is 0 Å². The number of carbonyl (C=O) groups excluding carboxylic acids is 1. The van der Waals surface area contributed by atoms with Gasteiger partial charge in [-0.2, -0.15) is 4.31 Å². The van der Waals surface area contributed by atoms with Gasteiger partial charge in [-0.3, -0.25) is 4.79 Å². The number of fused-ring (bicyclic) bond motifs is 1. The number of rotatable bonds is 4. The smallest absolute Gasteiger partial charge is 0.265 e. The second kappa shape index (κ2) is 7.85. The van der Waals surface area contributed by atoms with Crippen LogP contribution < -0.4 is 5.32 Å². The first kappa shape index (κ1) is 19.4. The van der Waals surface area contributed by atoms with E-state index in [2.05, 4.69) is 5.32 Å². The SMILES string of the molecule is O=C(Nc1cc(S(=O)(=O)N2CCCC2)ccc1O)c1cc2c(s1)CCCCC2. The summed E-state index contributed by atoms with van der Waals surface area (Å²) >= 11 is 1.49. The summed E-state index contributed by atoms with van der Waals surface area (Å²) in [5, 5.41) is 12.8. The van der Waals surface area contributed by atoms with E-state index in [0.717, 1.165) is 38.5 Å². The molecule has 28 heavy (non-hydrogen) atoms. The average Bonchev–Trinajstić information content (AvgIpc) is 3.30. The van der Waals surface area contributed by atoms with E-state index in [0.29, 0.717) is 18.0 Å². The predicted molar refractivity (Wildman–Crippen MR) is 110 cm³/mol. The molecule has 1 aromatic heterocycles. The second-order valence-electron chi connectivity index (χ2n) is 7.36. The van der Waals surface area contributed by atoms with Crippen molar-refractivity contribution >= 4 is 33.0 Å². The lowest BCUT2D eigenvalue weighted by Gasteiger charge is -2.16. The Labute approximate surface area is 169 Å². The molecule has 8 heteroatoms. The molecule has 1 aliphatic carbocycles. The number of sulfonamides is 1. The van der Waals surface area contributed by atoms with E-state index < -0.39 is 10.0 Å². The van der Waals surface area contributed by atoms with Crippen LogP contribution in [0.3, 0.4) is 0 Å². The molecule has 2 aliphatic rings. The molecule has 2 N–H and O–H groups in total. The molecule has 0 saturated carbocycles. The summed E-state index contributed by atoms with van der Waals surface area (Å²) in [5.41, 5.74) is 1.36. The maximum Gasteiger partial charge on any atom is 0.265 e. The molecule has 4 rings (SSSR count). The summed E-state index contributed by atoms with van der Waals surface area (Å²) in [7, 11) is -3.61. The fourth-order valence-corrected chi connectivity index (χ4v) is 6.51. The Kier molecular flexibility index (Phi) is 5.44. The van der Waals surface area contributed by atoms with Gasteiger partial charge < -0.3 is 10.4 Å². The van der Waals surface area contributed by atoms with Gasteiger partial charge in [0.2, 0.25) is 10.0 Å². The van der Waals surface area contributed by atoms with Crippen LogP contribution in [0.1, 0.15) is 52.2 Å². The average molecular weight is 421 g/mol. The van der Waals surface area contributed by atoms with Gasteiger partial charge in [-0.05, 0) is 68.4 Å². The molecule has 150 valence electrons. The zero-order valence-corrected chi connectivity index (χ0v) is 17.2. The summed E-state index contributed by atoms with van der Waals surface area (Å²) in [4.78, 5) is 14.7. The Morgan fingerprint density at radius 3 is 2.57 bits per heavy atom. The van der Waals surface area contributed by atoms with Crippen LogP contribution in [0, 0.1) is 0 Å². The molecule has 0 radical (unpaired) electrons. The van der Waals surface area contributed by atoms with Crippen LogP contribution in [0.2, 0.25) is 0 Å². The fourth-order valence-electron chi connectivity index (χ4n) is 3.82. The Bertz CT molecular complexity index is 968.